The number of hydrogen-bond donors (Lipinski definition) is 1. The van der Waals surface area contributed by atoms with Gasteiger partial charge >= 0.3 is 5.97 Å². The largest absolute Gasteiger partial charge is 0.459 e. The standard InChI is InChI=1S/C26H37N3O3/c1-17(2)15-29-16-19-12-26(24(31)27-14-22(30)32-25(3,4)5)21(23(29)20(19)13-28-26)11-18-9-7-6-8-10-18/h6-10,13,17,19-21,23H,11-12,14-16H2,1-5H3,(H,27,31)/t19-,20-,21-,23+,26+/m1/s1. The van der Waals surface area contributed by atoms with Crippen molar-refractivity contribution in [1.29, 1.82) is 0 Å². The average molecular weight is 440 g/mol. The summed E-state index contributed by atoms with van der Waals surface area (Å²) in [6, 6.07) is 10.7. The maximum atomic E-state index is 13.6. The molecule has 1 aliphatic carbocycles. The van der Waals surface area contributed by atoms with E-state index in [4.69, 9.17) is 9.73 Å². The third-order valence-corrected chi connectivity index (χ3v) is 7.01. The van der Waals surface area contributed by atoms with Gasteiger partial charge < -0.3 is 10.1 Å². The Labute approximate surface area is 191 Å². The number of amides is 1. The molecule has 5 rings (SSSR count). The third-order valence-electron chi connectivity index (χ3n) is 7.01. The summed E-state index contributed by atoms with van der Waals surface area (Å²) in [5, 5.41) is 2.89. The summed E-state index contributed by atoms with van der Waals surface area (Å²) < 4.78 is 5.39. The number of carbonyl (C=O) groups excluding carboxylic acids is 2. The molecule has 1 aromatic carbocycles. The lowest BCUT2D eigenvalue weighted by Gasteiger charge is -2.51. The van der Waals surface area contributed by atoms with Crippen molar-refractivity contribution in [2.45, 2.75) is 64.6 Å². The van der Waals surface area contributed by atoms with Crippen molar-refractivity contribution in [3.8, 4) is 0 Å². The second-order valence-electron chi connectivity index (χ2n) is 11.1. The van der Waals surface area contributed by atoms with Crippen LogP contribution in [-0.4, -0.2) is 59.8 Å². The van der Waals surface area contributed by atoms with E-state index in [2.05, 4.69) is 48.3 Å². The van der Waals surface area contributed by atoms with Gasteiger partial charge in [-0.15, -0.1) is 0 Å². The van der Waals surface area contributed by atoms with Crippen molar-refractivity contribution < 1.29 is 14.3 Å². The third kappa shape index (κ3) is 4.47. The highest BCUT2D eigenvalue weighted by Gasteiger charge is 2.63. The van der Waals surface area contributed by atoms with Gasteiger partial charge in [0.1, 0.15) is 17.7 Å². The molecule has 0 spiro atoms. The molecule has 1 saturated carbocycles. The quantitative estimate of drug-likeness (QED) is 0.663. The van der Waals surface area contributed by atoms with Gasteiger partial charge in [0.05, 0.1) is 0 Å². The van der Waals surface area contributed by atoms with Gasteiger partial charge in [-0.3, -0.25) is 19.5 Å². The minimum Gasteiger partial charge on any atom is -0.459 e. The van der Waals surface area contributed by atoms with Crippen LogP contribution in [0.4, 0.5) is 0 Å². The van der Waals surface area contributed by atoms with Crippen molar-refractivity contribution in [1.82, 2.24) is 10.2 Å². The van der Waals surface area contributed by atoms with Gasteiger partial charge in [0, 0.05) is 37.2 Å². The van der Waals surface area contributed by atoms with Crippen LogP contribution in [0.25, 0.3) is 0 Å². The lowest BCUT2D eigenvalue weighted by atomic mass is 9.59. The Morgan fingerprint density at radius 2 is 1.97 bits per heavy atom. The van der Waals surface area contributed by atoms with Crippen molar-refractivity contribution >= 4 is 18.1 Å². The molecule has 1 amide bonds. The number of esters is 1. The van der Waals surface area contributed by atoms with E-state index in [0.29, 0.717) is 23.8 Å². The van der Waals surface area contributed by atoms with E-state index in [1.54, 1.807) is 0 Å². The average Bonchev–Trinajstić information content (AvgIpc) is 3.00. The Hall–Kier alpha value is -2.21. The second kappa shape index (κ2) is 8.62. The summed E-state index contributed by atoms with van der Waals surface area (Å²) in [6.45, 7) is 11.9. The van der Waals surface area contributed by atoms with Crippen LogP contribution in [0, 0.1) is 23.7 Å². The molecule has 1 saturated heterocycles. The van der Waals surface area contributed by atoms with Gasteiger partial charge in [0.25, 0.3) is 0 Å². The van der Waals surface area contributed by atoms with Crippen LogP contribution in [0.5, 0.6) is 0 Å². The van der Waals surface area contributed by atoms with Crippen LogP contribution < -0.4 is 5.32 Å². The predicted molar refractivity (Wildman–Crippen MR) is 126 cm³/mol. The molecule has 0 radical (unpaired) electrons. The molecule has 5 atom stereocenters. The fourth-order valence-electron chi connectivity index (χ4n) is 6.03. The molecular formula is C26H37N3O3. The van der Waals surface area contributed by atoms with Crippen molar-refractivity contribution in [2.75, 3.05) is 19.6 Å². The molecule has 1 N–H and O–H groups in total. The van der Waals surface area contributed by atoms with E-state index < -0.39 is 17.1 Å². The fraction of sp³-hybridized carbons (Fsp3) is 0.654. The van der Waals surface area contributed by atoms with E-state index >= 15 is 0 Å². The summed E-state index contributed by atoms with van der Waals surface area (Å²) in [6.07, 6.45) is 3.60. The maximum Gasteiger partial charge on any atom is 0.325 e. The lowest BCUT2D eigenvalue weighted by Crippen LogP contribution is -2.64. The Balaban J connectivity index is 1.60. The van der Waals surface area contributed by atoms with Gasteiger partial charge in [-0.2, -0.15) is 0 Å². The smallest absolute Gasteiger partial charge is 0.325 e. The summed E-state index contributed by atoms with van der Waals surface area (Å²) in [7, 11) is 0. The number of nitrogens with zero attached hydrogens (tertiary/aromatic N) is 2. The van der Waals surface area contributed by atoms with Crippen molar-refractivity contribution in [3.63, 3.8) is 0 Å². The number of benzene rings is 1. The van der Waals surface area contributed by atoms with Gasteiger partial charge in [-0.05, 0) is 51.0 Å². The molecule has 6 heteroatoms. The van der Waals surface area contributed by atoms with Crippen molar-refractivity contribution in [3.05, 3.63) is 35.9 Å². The van der Waals surface area contributed by atoms with E-state index in [1.165, 1.54) is 5.56 Å². The zero-order valence-electron chi connectivity index (χ0n) is 20.0. The highest BCUT2D eigenvalue weighted by molar-refractivity contribution is 5.93. The first kappa shape index (κ1) is 23.0. The van der Waals surface area contributed by atoms with Crippen LogP contribution in [0.1, 0.15) is 46.6 Å². The van der Waals surface area contributed by atoms with E-state index in [9.17, 15) is 9.59 Å². The molecule has 0 unspecified atom stereocenters. The zero-order valence-corrected chi connectivity index (χ0v) is 20.0. The Kier molecular flexibility index (Phi) is 6.19. The summed E-state index contributed by atoms with van der Waals surface area (Å²) in [5.41, 5.74) is -0.172. The molecule has 4 bridgehead atoms. The molecule has 174 valence electrons. The first-order chi connectivity index (χ1) is 15.1. The number of hydrogen-bond acceptors (Lipinski definition) is 5. The predicted octanol–water partition coefficient (Wildman–Crippen LogP) is 3.10. The summed E-state index contributed by atoms with van der Waals surface area (Å²) >= 11 is 0. The number of nitrogens with one attached hydrogen (secondary N) is 1. The molecule has 32 heavy (non-hydrogen) atoms. The monoisotopic (exact) mass is 439 g/mol. The van der Waals surface area contributed by atoms with Crippen LogP contribution in [0.2, 0.25) is 0 Å². The molecule has 2 fully saturated rings. The first-order valence-electron chi connectivity index (χ1n) is 11.9. The maximum absolute atomic E-state index is 13.6. The Morgan fingerprint density at radius 3 is 2.62 bits per heavy atom. The van der Waals surface area contributed by atoms with E-state index in [1.807, 2.05) is 33.1 Å². The van der Waals surface area contributed by atoms with Crippen LogP contribution in [-0.2, 0) is 20.7 Å². The van der Waals surface area contributed by atoms with Crippen LogP contribution in [0.3, 0.4) is 0 Å². The van der Waals surface area contributed by atoms with Crippen molar-refractivity contribution in [2.24, 2.45) is 28.7 Å². The number of likely N-dealkylation sites (tertiary alicyclic amines) is 1. The van der Waals surface area contributed by atoms with E-state index in [-0.39, 0.29) is 18.4 Å². The van der Waals surface area contributed by atoms with Gasteiger partial charge in [-0.1, -0.05) is 44.2 Å². The normalized spacial score (nSPS) is 31.2. The van der Waals surface area contributed by atoms with Gasteiger partial charge in [0.15, 0.2) is 0 Å². The lowest BCUT2D eigenvalue weighted by molar-refractivity contribution is -0.155. The number of aliphatic imine (C=N–C) groups is 1. The topological polar surface area (TPSA) is 71.0 Å². The SMILES string of the molecule is CC(C)CN1C[C@H]2C[C@]3(C(=O)NCC(=O)OC(C)(C)C)N=C[C@H]2[C@H]1[C@H]3Cc1ccccc1. The highest BCUT2D eigenvalue weighted by atomic mass is 16.6. The molecule has 1 aromatic rings. The van der Waals surface area contributed by atoms with Crippen LogP contribution >= 0.6 is 0 Å². The zero-order chi connectivity index (χ0) is 23.1. The molecular weight excluding hydrogens is 402 g/mol. The molecule has 3 heterocycles. The molecule has 0 aromatic heterocycles. The minimum absolute atomic E-state index is 0.0797. The minimum atomic E-state index is -0.826. The van der Waals surface area contributed by atoms with Gasteiger partial charge in [-0.25, -0.2) is 0 Å². The van der Waals surface area contributed by atoms with E-state index in [0.717, 1.165) is 25.9 Å². The molecule has 4 aliphatic rings. The number of ether oxygens (including phenoxy) is 1. The molecule has 3 aliphatic heterocycles. The number of carbonyl (C=O) groups is 2. The Bertz CT molecular complexity index is 876. The highest BCUT2D eigenvalue weighted by Crippen LogP contribution is 2.53. The fourth-order valence-corrected chi connectivity index (χ4v) is 6.03. The Morgan fingerprint density at radius 1 is 1.25 bits per heavy atom. The number of rotatable bonds is 7. The summed E-state index contributed by atoms with van der Waals surface area (Å²) in [5.74, 6) is 0.938. The first-order valence-corrected chi connectivity index (χ1v) is 11.9. The summed E-state index contributed by atoms with van der Waals surface area (Å²) in [4.78, 5) is 33.4. The van der Waals surface area contributed by atoms with Crippen LogP contribution in [0.15, 0.2) is 35.3 Å². The van der Waals surface area contributed by atoms with Gasteiger partial charge in [0.2, 0.25) is 5.91 Å². The second-order valence-corrected chi connectivity index (χ2v) is 11.1. The molecule has 6 nitrogen and oxygen atoms in total.